The zero-order chi connectivity index (χ0) is 13.1. The number of anilines is 1. The van der Waals surface area contributed by atoms with Crippen LogP contribution < -0.4 is 10.2 Å². The van der Waals surface area contributed by atoms with Gasteiger partial charge in [0.05, 0.1) is 0 Å². The van der Waals surface area contributed by atoms with Crippen molar-refractivity contribution in [2.45, 2.75) is 39.3 Å². The molecule has 100 valence electrons. The highest BCUT2D eigenvalue weighted by Gasteiger charge is 2.24. The number of nitrogens with one attached hydrogen (secondary N) is 1. The van der Waals surface area contributed by atoms with Gasteiger partial charge in [-0.05, 0) is 50.4 Å². The molecule has 2 unspecified atom stereocenters. The molecule has 0 spiro atoms. The van der Waals surface area contributed by atoms with E-state index >= 15 is 0 Å². The Labute approximate surface area is 119 Å². The van der Waals surface area contributed by atoms with Crippen LogP contribution in [0.5, 0.6) is 0 Å². The molecule has 0 saturated carbocycles. The van der Waals surface area contributed by atoms with Gasteiger partial charge >= 0.3 is 0 Å². The number of benzene rings is 1. The molecule has 3 heteroatoms. The number of piperidine rings is 1. The van der Waals surface area contributed by atoms with Crippen molar-refractivity contribution in [1.82, 2.24) is 5.32 Å². The van der Waals surface area contributed by atoms with Gasteiger partial charge in [-0.15, -0.1) is 0 Å². The second-order valence-corrected chi connectivity index (χ2v) is 6.21. The van der Waals surface area contributed by atoms with Crippen LogP contribution >= 0.6 is 15.9 Å². The quantitative estimate of drug-likeness (QED) is 0.913. The van der Waals surface area contributed by atoms with Crippen molar-refractivity contribution in [3.8, 4) is 0 Å². The minimum absolute atomic E-state index is 0.640. The highest BCUT2D eigenvalue weighted by molar-refractivity contribution is 9.10. The molecule has 1 aliphatic heterocycles. The van der Waals surface area contributed by atoms with E-state index < -0.39 is 0 Å². The molecular weight excluding hydrogens is 288 g/mol. The Hall–Kier alpha value is -0.540. The molecule has 0 bridgehead atoms. The smallest absolute Gasteiger partial charge is 0.0380 e. The lowest BCUT2D eigenvalue weighted by molar-refractivity contribution is 0.363. The molecule has 1 fully saturated rings. The number of rotatable bonds is 3. The number of nitrogens with zero attached hydrogens (tertiary/aromatic N) is 1. The van der Waals surface area contributed by atoms with Crippen LogP contribution in [0.2, 0.25) is 0 Å². The van der Waals surface area contributed by atoms with Gasteiger partial charge in [-0.25, -0.2) is 0 Å². The molecular formula is C15H23BrN2. The average Bonchev–Trinajstić information content (AvgIpc) is 2.35. The summed E-state index contributed by atoms with van der Waals surface area (Å²) in [7, 11) is 1.98. The number of hydrogen-bond donors (Lipinski definition) is 1. The fraction of sp³-hybridized carbons (Fsp3) is 0.600. The van der Waals surface area contributed by atoms with Crippen molar-refractivity contribution in [2.24, 2.45) is 5.92 Å². The molecule has 2 nitrogen and oxygen atoms in total. The molecule has 1 aromatic rings. The molecule has 0 aliphatic carbocycles. The Balaban J connectivity index is 2.20. The third kappa shape index (κ3) is 2.89. The lowest BCUT2D eigenvalue weighted by atomic mass is 9.91. The van der Waals surface area contributed by atoms with Gasteiger partial charge in [0.15, 0.2) is 0 Å². The fourth-order valence-corrected chi connectivity index (χ4v) is 3.26. The van der Waals surface area contributed by atoms with Crippen molar-refractivity contribution in [2.75, 3.05) is 18.5 Å². The maximum atomic E-state index is 3.68. The normalized spacial score (nSPS) is 24.3. The van der Waals surface area contributed by atoms with Crippen molar-refractivity contribution in [3.05, 3.63) is 28.2 Å². The Morgan fingerprint density at radius 3 is 2.83 bits per heavy atom. The van der Waals surface area contributed by atoms with Crippen LogP contribution in [0.4, 0.5) is 5.69 Å². The predicted octanol–water partition coefficient (Wildman–Crippen LogP) is 3.79. The number of hydrogen-bond acceptors (Lipinski definition) is 2. The monoisotopic (exact) mass is 310 g/mol. The highest BCUT2D eigenvalue weighted by atomic mass is 79.9. The van der Waals surface area contributed by atoms with Crippen LogP contribution in [0.1, 0.15) is 32.3 Å². The van der Waals surface area contributed by atoms with E-state index in [2.05, 4.69) is 58.2 Å². The SMILES string of the molecule is CNCc1ccc(N2CCCC(C)C2C)cc1Br. The van der Waals surface area contributed by atoms with Crippen LogP contribution in [0.25, 0.3) is 0 Å². The van der Waals surface area contributed by atoms with Crippen molar-refractivity contribution < 1.29 is 0 Å². The summed E-state index contributed by atoms with van der Waals surface area (Å²) in [6.45, 7) is 6.80. The van der Waals surface area contributed by atoms with E-state index in [-0.39, 0.29) is 0 Å². The molecule has 0 radical (unpaired) electrons. The van der Waals surface area contributed by atoms with Crippen LogP contribution in [-0.2, 0) is 6.54 Å². The standard InChI is InChI=1S/C15H23BrN2/c1-11-5-4-8-18(12(11)2)14-7-6-13(10-17-3)15(16)9-14/h6-7,9,11-12,17H,4-5,8,10H2,1-3H3. The van der Waals surface area contributed by atoms with Gasteiger partial charge in [0, 0.05) is 29.3 Å². The molecule has 0 amide bonds. The van der Waals surface area contributed by atoms with Gasteiger partial charge in [0.1, 0.15) is 0 Å². The van der Waals surface area contributed by atoms with Gasteiger partial charge in [0.2, 0.25) is 0 Å². The Bertz CT molecular complexity index is 405. The molecule has 1 aliphatic rings. The predicted molar refractivity (Wildman–Crippen MR) is 82.1 cm³/mol. The van der Waals surface area contributed by atoms with E-state index in [1.807, 2.05) is 7.05 Å². The summed E-state index contributed by atoms with van der Waals surface area (Å²) in [5, 5.41) is 3.20. The first-order valence-corrected chi connectivity index (χ1v) is 7.62. The highest BCUT2D eigenvalue weighted by Crippen LogP contribution is 2.31. The maximum Gasteiger partial charge on any atom is 0.0380 e. The van der Waals surface area contributed by atoms with Gasteiger partial charge in [-0.1, -0.05) is 28.9 Å². The molecule has 18 heavy (non-hydrogen) atoms. The van der Waals surface area contributed by atoms with Crippen LogP contribution in [0, 0.1) is 5.92 Å². The zero-order valence-electron chi connectivity index (χ0n) is 11.5. The first kappa shape index (κ1) is 13.9. The molecule has 1 heterocycles. The van der Waals surface area contributed by atoms with Gasteiger partial charge in [-0.2, -0.15) is 0 Å². The first-order chi connectivity index (χ1) is 8.63. The Morgan fingerprint density at radius 2 is 2.17 bits per heavy atom. The molecule has 2 atom stereocenters. The summed E-state index contributed by atoms with van der Waals surface area (Å²) >= 11 is 3.68. The van der Waals surface area contributed by atoms with E-state index in [0.717, 1.165) is 12.5 Å². The summed E-state index contributed by atoms with van der Waals surface area (Å²) in [5.74, 6) is 0.787. The second-order valence-electron chi connectivity index (χ2n) is 5.36. The summed E-state index contributed by atoms with van der Waals surface area (Å²) in [4.78, 5) is 2.54. The summed E-state index contributed by atoms with van der Waals surface area (Å²) in [6.07, 6.45) is 2.66. The van der Waals surface area contributed by atoms with Crippen molar-refractivity contribution in [3.63, 3.8) is 0 Å². The Kier molecular flexibility index (Phi) is 4.68. The van der Waals surface area contributed by atoms with E-state index in [1.165, 1.54) is 35.1 Å². The lowest BCUT2D eigenvalue weighted by Gasteiger charge is -2.39. The molecule has 1 N–H and O–H groups in total. The van der Waals surface area contributed by atoms with Gasteiger partial charge in [-0.3, -0.25) is 0 Å². The molecule has 1 aromatic carbocycles. The molecule has 1 saturated heterocycles. The van der Waals surface area contributed by atoms with Crippen LogP contribution in [0.15, 0.2) is 22.7 Å². The summed E-state index contributed by atoms with van der Waals surface area (Å²) < 4.78 is 1.21. The van der Waals surface area contributed by atoms with Crippen molar-refractivity contribution in [1.29, 1.82) is 0 Å². The third-order valence-electron chi connectivity index (χ3n) is 4.11. The first-order valence-electron chi connectivity index (χ1n) is 6.83. The van der Waals surface area contributed by atoms with E-state index in [4.69, 9.17) is 0 Å². The molecule has 0 aromatic heterocycles. The number of halogens is 1. The second kappa shape index (κ2) is 6.07. The van der Waals surface area contributed by atoms with Crippen LogP contribution in [0.3, 0.4) is 0 Å². The van der Waals surface area contributed by atoms with E-state index in [1.54, 1.807) is 0 Å². The van der Waals surface area contributed by atoms with Crippen LogP contribution in [-0.4, -0.2) is 19.6 Å². The zero-order valence-corrected chi connectivity index (χ0v) is 13.1. The summed E-state index contributed by atoms with van der Waals surface area (Å²) in [6, 6.07) is 7.38. The molecule has 2 rings (SSSR count). The van der Waals surface area contributed by atoms with E-state index in [0.29, 0.717) is 6.04 Å². The minimum atomic E-state index is 0.640. The fourth-order valence-electron chi connectivity index (χ4n) is 2.75. The van der Waals surface area contributed by atoms with E-state index in [9.17, 15) is 0 Å². The minimum Gasteiger partial charge on any atom is -0.369 e. The average molecular weight is 311 g/mol. The summed E-state index contributed by atoms with van der Waals surface area (Å²) in [5.41, 5.74) is 2.67. The van der Waals surface area contributed by atoms with Gasteiger partial charge in [0.25, 0.3) is 0 Å². The lowest BCUT2D eigenvalue weighted by Crippen LogP contribution is -2.42. The Morgan fingerprint density at radius 1 is 1.39 bits per heavy atom. The largest absolute Gasteiger partial charge is 0.369 e. The third-order valence-corrected chi connectivity index (χ3v) is 4.85. The topological polar surface area (TPSA) is 15.3 Å². The van der Waals surface area contributed by atoms with Gasteiger partial charge < -0.3 is 10.2 Å². The van der Waals surface area contributed by atoms with Crippen molar-refractivity contribution >= 4 is 21.6 Å². The maximum absolute atomic E-state index is 3.68.